The van der Waals surface area contributed by atoms with Crippen LogP contribution in [-0.4, -0.2) is 93.2 Å². The summed E-state index contributed by atoms with van der Waals surface area (Å²) in [6.07, 6.45) is 11.2. The summed E-state index contributed by atoms with van der Waals surface area (Å²) in [5, 5.41) is 3.77. The molecule has 216 valence electrons. The fourth-order valence-corrected chi connectivity index (χ4v) is 6.09. The number of likely N-dealkylation sites (tertiary alicyclic amines) is 1. The van der Waals surface area contributed by atoms with Crippen LogP contribution in [0, 0.1) is 0 Å². The number of carbonyl (C=O) groups excluding carboxylic acids is 1. The van der Waals surface area contributed by atoms with Crippen molar-refractivity contribution in [3.05, 3.63) is 12.1 Å². The monoisotopic (exact) mass is 560 g/mol. The first-order valence-electron chi connectivity index (χ1n) is 14.4. The Balaban J connectivity index is 1.55. The van der Waals surface area contributed by atoms with Gasteiger partial charge in [-0.05, 0) is 38.2 Å². The molecule has 9 nitrogen and oxygen atoms in total. The lowest BCUT2D eigenvalue weighted by molar-refractivity contribution is -0.118. The van der Waals surface area contributed by atoms with Crippen LogP contribution in [0.5, 0.6) is 11.5 Å². The molecule has 1 amide bonds. The van der Waals surface area contributed by atoms with Crippen LogP contribution < -0.4 is 24.6 Å². The number of benzene rings is 1. The van der Waals surface area contributed by atoms with Gasteiger partial charge in [0.2, 0.25) is 11.9 Å². The first-order chi connectivity index (χ1) is 18.9. The van der Waals surface area contributed by atoms with Gasteiger partial charge < -0.3 is 29.5 Å². The van der Waals surface area contributed by atoms with Gasteiger partial charge in [-0.2, -0.15) is 4.98 Å². The molecular weight excluding hydrogens is 516 g/mol. The average Bonchev–Trinajstić information content (AvgIpc) is 3.27. The van der Waals surface area contributed by atoms with Gasteiger partial charge in [0.1, 0.15) is 11.7 Å². The molecule has 2 fully saturated rings. The van der Waals surface area contributed by atoms with E-state index < -0.39 is 0 Å². The van der Waals surface area contributed by atoms with Gasteiger partial charge in [0.15, 0.2) is 11.5 Å². The van der Waals surface area contributed by atoms with E-state index in [9.17, 15) is 4.79 Å². The Morgan fingerprint density at radius 2 is 1.69 bits per heavy atom. The number of aromatic nitrogens is 2. The summed E-state index contributed by atoms with van der Waals surface area (Å²) in [6, 6.07) is 5.08. The second-order valence-electron chi connectivity index (χ2n) is 10.9. The van der Waals surface area contributed by atoms with Crippen LogP contribution >= 0.6 is 11.6 Å². The maximum absolute atomic E-state index is 11.5. The highest BCUT2D eigenvalue weighted by Gasteiger charge is 2.29. The number of rotatable bonds is 11. The van der Waals surface area contributed by atoms with Crippen LogP contribution in [0.15, 0.2) is 12.1 Å². The third-order valence-electron chi connectivity index (χ3n) is 8.35. The quantitative estimate of drug-likeness (QED) is 0.245. The van der Waals surface area contributed by atoms with E-state index in [1.807, 2.05) is 24.1 Å². The lowest BCUT2D eigenvalue weighted by Gasteiger charge is -2.41. The predicted octanol–water partition coefficient (Wildman–Crippen LogP) is 4.45. The SMILES string of the molecule is COc1cc2nc(N(C)CCCNC(=O)CCl)nc(N(C)C3CCN(C4CCCCCC4)CC3)c2cc1OC. The number of ether oxygens (including phenoxy) is 2. The average molecular weight is 561 g/mol. The Morgan fingerprint density at radius 3 is 2.33 bits per heavy atom. The largest absolute Gasteiger partial charge is 0.493 e. The number of anilines is 2. The molecule has 4 rings (SSSR count). The van der Waals surface area contributed by atoms with Gasteiger partial charge in [-0.25, -0.2) is 4.98 Å². The van der Waals surface area contributed by atoms with Crippen molar-refractivity contribution in [3.8, 4) is 11.5 Å². The molecule has 1 aromatic heterocycles. The Hall–Kier alpha value is -2.52. The molecule has 0 spiro atoms. The van der Waals surface area contributed by atoms with Crippen LogP contribution in [0.2, 0.25) is 0 Å². The zero-order valence-electron chi connectivity index (χ0n) is 24.0. The fraction of sp³-hybridized carbons (Fsp3) is 0.690. The summed E-state index contributed by atoms with van der Waals surface area (Å²) in [7, 11) is 7.45. The normalized spacial score (nSPS) is 17.6. The molecule has 0 atom stereocenters. The van der Waals surface area contributed by atoms with Crippen LogP contribution in [0.4, 0.5) is 11.8 Å². The number of halogens is 1. The van der Waals surface area contributed by atoms with Crippen molar-refractivity contribution in [2.75, 3.05) is 70.2 Å². The second kappa shape index (κ2) is 14.2. The molecule has 2 heterocycles. The van der Waals surface area contributed by atoms with E-state index in [0.29, 0.717) is 36.6 Å². The minimum atomic E-state index is -0.156. The van der Waals surface area contributed by atoms with E-state index in [-0.39, 0.29) is 11.8 Å². The molecule has 1 saturated carbocycles. The van der Waals surface area contributed by atoms with Gasteiger partial charge in [0.25, 0.3) is 0 Å². The molecule has 0 bridgehead atoms. The maximum atomic E-state index is 11.5. The molecule has 1 aliphatic carbocycles. The lowest BCUT2D eigenvalue weighted by Crippen LogP contribution is -2.47. The van der Waals surface area contributed by atoms with E-state index in [2.05, 4.69) is 22.2 Å². The highest BCUT2D eigenvalue weighted by molar-refractivity contribution is 6.27. The molecule has 0 unspecified atom stereocenters. The van der Waals surface area contributed by atoms with Crippen molar-refractivity contribution >= 4 is 40.2 Å². The summed E-state index contributed by atoms with van der Waals surface area (Å²) in [5.74, 6) is 2.69. The number of nitrogens with one attached hydrogen (secondary N) is 1. The third kappa shape index (κ3) is 7.37. The van der Waals surface area contributed by atoms with Gasteiger partial charge >= 0.3 is 0 Å². The van der Waals surface area contributed by atoms with E-state index in [0.717, 1.165) is 55.1 Å². The number of amides is 1. The molecule has 2 aliphatic rings. The fourth-order valence-electron chi connectivity index (χ4n) is 5.99. The first kappa shape index (κ1) is 29.5. The van der Waals surface area contributed by atoms with Crippen molar-refractivity contribution in [3.63, 3.8) is 0 Å². The maximum Gasteiger partial charge on any atom is 0.234 e. The Labute approximate surface area is 238 Å². The summed E-state index contributed by atoms with van der Waals surface area (Å²) < 4.78 is 11.2. The van der Waals surface area contributed by atoms with Crippen LogP contribution in [0.1, 0.15) is 57.8 Å². The van der Waals surface area contributed by atoms with E-state index in [1.165, 1.54) is 38.5 Å². The van der Waals surface area contributed by atoms with Gasteiger partial charge in [-0.3, -0.25) is 4.79 Å². The van der Waals surface area contributed by atoms with Crippen molar-refractivity contribution < 1.29 is 14.3 Å². The second-order valence-corrected chi connectivity index (χ2v) is 11.1. The Bertz CT molecular complexity index is 1090. The van der Waals surface area contributed by atoms with E-state index >= 15 is 0 Å². The topological polar surface area (TPSA) is 83.1 Å². The lowest BCUT2D eigenvalue weighted by atomic mass is 9.98. The zero-order chi connectivity index (χ0) is 27.8. The van der Waals surface area contributed by atoms with Crippen LogP contribution in [0.3, 0.4) is 0 Å². The number of alkyl halides is 1. The highest BCUT2D eigenvalue weighted by Crippen LogP contribution is 2.37. The van der Waals surface area contributed by atoms with Crippen molar-refractivity contribution in [1.82, 2.24) is 20.2 Å². The summed E-state index contributed by atoms with van der Waals surface area (Å²) in [6.45, 7) is 3.53. The summed E-state index contributed by atoms with van der Waals surface area (Å²) in [4.78, 5) is 28.6. The summed E-state index contributed by atoms with van der Waals surface area (Å²) in [5.41, 5.74) is 0.817. The minimum absolute atomic E-state index is 0.0236. The standard InChI is InChI=1S/C29H45ClN6O3/c1-34(15-9-14-31-27(37)20-30)29-32-24-19-26(39-4)25(38-3)18-23(24)28(33-29)35(2)21-12-16-36(17-13-21)22-10-7-5-6-8-11-22/h18-19,21-22H,5-17,20H2,1-4H3,(H,31,37). The molecule has 1 aliphatic heterocycles. The molecule has 39 heavy (non-hydrogen) atoms. The molecule has 10 heteroatoms. The van der Waals surface area contributed by atoms with E-state index in [1.54, 1.807) is 14.2 Å². The summed E-state index contributed by atoms with van der Waals surface area (Å²) >= 11 is 5.59. The van der Waals surface area contributed by atoms with Crippen LogP contribution in [-0.2, 0) is 4.79 Å². The molecule has 1 aromatic carbocycles. The number of carbonyl (C=O) groups is 1. The number of fused-ring (bicyclic) bond motifs is 1. The zero-order valence-corrected chi connectivity index (χ0v) is 24.8. The third-order valence-corrected chi connectivity index (χ3v) is 8.59. The first-order valence-corrected chi connectivity index (χ1v) is 14.9. The van der Waals surface area contributed by atoms with Crippen molar-refractivity contribution in [2.24, 2.45) is 0 Å². The number of nitrogens with zero attached hydrogens (tertiary/aromatic N) is 5. The van der Waals surface area contributed by atoms with Crippen molar-refractivity contribution in [2.45, 2.75) is 69.9 Å². The molecule has 1 saturated heterocycles. The smallest absolute Gasteiger partial charge is 0.234 e. The van der Waals surface area contributed by atoms with Crippen molar-refractivity contribution in [1.29, 1.82) is 0 Å². The highest BCUT2D eigenvalue weighted by atomic mass is 35.5. The number of hydrogen-bond acceptors (Lipinski definition) is 8. The number of piperidine rings is 1. The van der Waals surface area contributed by atoms with Gasteiger partial charge in [0.05, 0.1) is 19.7 Å². The molecule has 2 aromatic rings. The van der Waals surface area contributed by atoms with Gasteiger partial charge in [0, 0.05) is 63.8 Å². The van der Waals surface area contributed by atoms with Crippen LogP contribution in [0.25, 0.3) is 10.9 Å². The number of methoxy groups -OCH3 is 2. The van der Waals surface area contributed by atoms with E-state index in [4.69, 9.17) is 31.0 Å². The Kier molecular flexibility index (Phi) is 10.7. The molecular formula is C29H45ClN6O3. The predicted molar refractivity (Wildman–Crippen MR) is 159 cm³/mol. The number of hydrogen-bond donors (Lipinski definition) is 1. The molecule has 1 N–H and O–H groups in total. The van der Waals surface area contributed by atoms with Gasteiger partial charge in [-0.15, -0.1) is 11.6 Å². The van der Waals surface area contributed by atoms with Gasteiger partial charge in [-0.1, -0.05) is 25.7 Å². The molecule has 0 radical (unpaired) electrons. The minimum Gasteiger partial charge on any atom is -0.493 e. The Morgan fingerprint density at radius 1 is 1.03 bits per heavy atom.